The molecule has 1 aromatic rings. The molecule has 1 N–H and O–H groups in total. The van der Waals surface area contributed by atoms with Crippen molar-refractivity contribution < 1.29 is 4.79 Å². The largest absolute Gasteiger partial charge is 0.386 e. The summed E-state index contributed by atoms with van der Waals surface area (Å²) in [5.41, 5.74) is 1.50. The first-order valence-electron chi connectivity index (χ1n) is 6.13. The van der Waals surface area contributed by atoms with Crippen LogP contribution in [-0.4, -0.2) is 35.9 Å². The fourth-order valence-electron chi connectivity index (χ4n) is 2.43. The second-order valence-corrected chi connectivity index (χ2v) is 4.53. The van der Waals surface area contributed by atoms with Crippen LogP contribution in [0.1, 0.15) is 36.0 Å². The molecule has 0 saturated heterocycles. The van der Waals surface area contributed by atoms with Crippen molar-refractivity contribution in [3.63, 3.8) is 0 Å². The Hall–Kier alpha value is -1.58. The zero-order valence-electron chi connectivity index (χ0n) is 10.4. The Balaban J connectivity index is 2.18. The molecule has 1 aliphatic rings. The van der Waals surface area contributed by atoms with Crippen LogP contribution in [0.25, 0.3) is 0 Å². The van der Waals surface area contributed by atoms with E-state index in [0.717, 1.165) is 18.5 Å². The lowest BCUT2D eigenvalue weighted by atomic mass is 10.1. The molecule has 0 spiro atoms. The molecule has 1 saturated carbocycles. The summed E-state index contributed by atoms with van der Waals surface area (Å²) in [6.07, 6.45) is 8.08. The van der Waals surface area contributed by atoms with E-state index >= 15 is 0 Å². The summed E-state index contributed by atoms with van der Waals surface area (Å²) >= 11 is 0. The topological polar surface area (TPSA) is 45.2 Å². The Morgan fingerprint density at radius 2 is 2.18 bits per heavy atom. The van der Waals surface area contributed by atoms with Crippen molar-refractivity contribution in [2.45, 2.75) is 31.7 Å². The Labute approximate surface area is 102 Å². The van der Waals surface area contributed by atoms with Crippen LogP contribution in [0.5, 0.6) is 0 Å². The first-order valence-corrected chi connectivity index (χ1v) is 6.13. The average Bonchev–Trinajstić information content (AvgIpc) is 2.90. The lowest BCUT2D eigenvalue weighted by molar-refractivity contribution is 0.0736. The Bertz CT molecular complexity index is 399. The molecule has 4 nitrogen and oxygen atoms in total. The maximum absolute atomic E-state index is 12.4. The molecule has 1 heterocycles. The number of hydrogen-bond acceptors (Lipinski definition) is 3. The molecule has 0 atom stereocenters. The van der Waals surface area contributed by atoms with E-state index in [1.807, 2.05) is 19.0 Å². The molecule has 0 radical (unpaired) electrons. The third kappa shape index (κ3) is 2.40. The van der Waals surface area contributed by atoms with Gasteiger partial charge in [0.2, 0.25) is 0 Å². The van der Waals surface area contributed by atoms with Gasteiger partial charge in [0, 0.05) is 26.3 Å². The predicted molar refractivity (Wildman–Crippen MR) is 68.1 cm³/mol. The van der Waals surface area contributed by atoms with E-state index in [1.54, 1.807) is 18.5 Å². The van der Waals surface area contributed by atoms with Crippen LogP contribution in [0.4, 0.5) is 5.69 Å². The quantitative estimate of drug-likeness (QED) is 0.870. The van der Waals surface area contributed by atoms with Crippen LogP contribution in [0.15, 0.2) is 18.5 Å². The van der Waals surface area contributed by atoms with Gasteiger partial charge < -0.3 is 10.2 Å². The normalized spacial score (nSPS) is 15.9. The molecule has 1 aliphatic carbocycles. The molecular formula is C13H19N3O. The zero-order chi connectivity index (χ0) is 12.3. The summed E-state index contributed by atoms with van der Waals surface area (Å²) in [7, 11) is 3.71. The molecule has 1 aromatic heterocycles. The van der Waals surface area contributed by atoms with Gasteiger partial charge in [-0.2, -0.15) is 0 Å². The van der Waals surface area contributed by atoms with Crippen molar-refractivity contribution >= 4 is 11.6 Å². The molecule has 2 rings (SSSR count). The molecule has 0 aliphatic heterocycles. The van der Waals surface area contributed by atoms with Crippen LogP contribution in [0.3, 0.4) is 0 Å². The van der Waals surface area contributed by atoms with E-state index in [0.29, 0.717) is 11.6 Å². The van der Waals surface area contributed by atoms with Gasteiger partial charge in [-0.05, 0) is 18.9 Å². The summed E-state index contributed by atoms with van der Waals surface area (Å²) in [6.45, 7) is 0. The lowest BCUT2D eigenvalue weighted by Crippen LogP contribution is -2.35. The Morgan fingerprint density at radius 1 is 1.47 bits per heavy atom. The van der Waals surface area contributed by atoms with Gasteiger partial charge in [0.1, 0.15) is 0 Å². The smallest absolute Gasteiger partial charge is 0.256 e. The van der Waals surface area contributed by atoms with E-state index in [4.69, 9.17) is 0 Å². The molecule has 92 valence electrons. The van der Waals surface area contributed by atoms with Crippen LogP contribution in [0, 0.1) is 0 Å². The third-order valence-corrected chi connectivity index (χ3v) is 3.51. The summed E-state index contributed by atoms with van der Waals surface area (Å²) < 4.78 is 0. The van der Waals surface area contributed by atoms with E-state index in [2.05, 4.69) is 10.3 Å². The molecular weight excluding hydrogens is 214 g/mol. The highest BCUT2D eigenvalue weighted by atomic mass is 16.2. The van der Waals surface area contributed by atoms with Gasteiger partial charge in [0.15, 0.2) is 0 Å². The van der Waals surface area contributed by atoms with E-state index in [9.17, 15) is 4.79 Å². The van der Waals surface area contributed by atoms with Gasteiger partial charge in [-0.3, -0.25) is 9.78 Å². The monoisotopic (exact) mass is 233 g/mol. The number of aromatic nitrogens is 1. The van der Waals surface area contributed by atoms with Crippen LogP contribution in [0.2, 0.25) is 0 Å². The first-order chi connectivity index (χ1) is 8.24. The fourth-order valence-corrected chi connectivity index (χ4v) is 2.43. The molecule has 1 fully saturated rings. The molecule has 1 amide bonds. The van der Waals surface area contributed by atoms with Gasteiger partial charge in [-0.15, -0.1) is 0 Å². The molecule has 0 unspecified atom stereocenters. The minimum absolute atomic E-state index is 0.0867. The van der Waals surface area contributed by atoms with Gasteiger partial charge in [0.25, 0.3) is 5.91 Å². The van der Waals surface area contributed by atoms with Gasteiger partial charge in [-0.25, -0.2) is 0 Å². The number of nitrogens with one attached hydrogen (secondary N) is 1. The number of amides is 1. The van der Waals surface area contributed by atoms with Crippen LogP contribution >= 0.6 is 0 Å². The van der Waals surface area contributed by atoms with Crippen LogP contribution in [-0.2, 0) is 0 Å². The van der Waals surface area contributed by atoms with Gasteiger partial charge in [0.05, 0.1) is 17.4 Å². The Morgan fingerprint density at radius 3 is 2.82 bits per heavy atom. The SMILES string of the molecule is CNc1cnccc1C(=O)N(C)C1CCCC1. The van der Waals surface area contributed by atoms with E-state index in [1.165, 1.54) is 12.8 Å². The first kappa shape index (κ1) is 11.9. The zero-order valence-corrected chi connectivity index (χ0v) is 10.4. The second kappa shape index (κ2) is 5.17. The van der Waals surface area contributed by atoms with Gasteiger partial charge >= 0.3 is 0 Å². The van der Waals surface area contributed by atoms with E-state index < -0.39 is 0 Å². The van der Waals surface area contributed by atoms with Crippen molar-refractivity contribution in [3.8, 4) is 0 Å². The highest BCUT2D eigenvalue weighted by Crippen LogP contribution is 2.25. The van der Waals surface area contributed by atoms with Crippen molar-refractivity contribution in [2.75, 3.05) is 19.4 Å². The summed E-state index contributed by atoms with van der Waals surface area (Å²) in [5.74, 6) is 0.0867. The minimum atomic E-state index is 0.0867. The second-order valence-electron chi connectivity index (χ2n) is 4.53. The van der Waals surface area contributed by atoms with Crippen molar-refractivity contribution in [3.05, 3.63) is 24.0 Å². The maximum atomic E-state index is 12.4. The minimum Gasteiger partial charge on any atom is -0.386 e. The number of anilines is 1. The fraction of sp³-hybridized carbons (Fsp3) is 0.538. The van der Waals surface area contributed by atoms with E-state index in [-0.39, 0.29) is 5.91 Å². The van der Waals surface area contributed by atoms with Crippen LogP contribution < -0.4 is 5.32 Å². The molecule has 0 aromatic carbocycles. The standard InChI is InChI=1S/C13H19N3O/c1-14-12-9-15-8-7-11(12)13(17)16(2)10-5-3-4-6-10/h7-10,14H,3-6H2,1-2H3. The maximum Gasteiger partial charge on any atom is 0.256 e. The average molecular weight is 233 g/mol. The molecule has 0 bridgehead atoms. The number of carbonyl (C=O) groups is 1. The summed E-state index contributed by atoms with van der Waals surface area (Å²) in [4.78, 5) is 18.3. The highest BCUT2D eigenvalue weighted by Gasteiger charge is 2.25. The summed E-state index contributed by atoms with van der Waals surface area (Å²) in [6, 6.07) is 2.18. The van der Waals surface area contributed by atoms with Crippen molar-refractivity contribution in [1.29, 1.82) is 0 Å². The third-order valence-electron chi connectivity index (χ3n) is 3.51. The van der Waals surface area contributed by atoms with Crippen molar-refractivity contribution in [2.24, 2.45) is 0 Å². The lowest BCUT2D eigenvalue weighted by Gasteiger charge is -2.25. The molecule has 4 heteroatoms. The van der Waals surface area contributed by atoms with Gasteiger partial charge in [-0.1, -0.05) is 12.8 Å². The predicted octanol–water partition coefficient (Wildman–Crippen LogP) is 2.14. The Kier molecular flexibility index (Phi) is 3.61. The number of pyridine rings is 1. The number of rotatable bonds is 3. The highest BCUT2D eigenvalue weighted by molar-refractivity contribution is 5.99. The number of nitrogens with zero attached hydrogens (tertiary/aromatic N) is 2. The number of carbonyl (C=O) groups excluding carboxylic acids is 1. The van der Waals surface area contributed by atoms with Crippen molar-refractivity contribution in [1.82, 2.24) is 9.88 Å². The molecule has 17 heavy (non-hydrogen) atoms. The summed E-state index contributed by atoms with van der Waals surface area (Å²) in [5, 5.41) is 3.01. The number of hydrogen-bond donors (Lipinski definition) is 1.